The first-order valence-corrected chi connectivity index (χ1v) is 4.72. The smallest absolute Gasteiger partial charge is 0.212 e. The quantitative estimate of drug-likeness (QED) is 0.757. The van der Waals surface area contributed by atoms with E-state index in [1.807, 2.05) is 19.9 Å². The van der Waals surface area contributed by atoms with E-state index in [1.54, 1.807) is 19.4 Å². The van der Waals surface area contributed by atoms with Crippen LogP contribution in [0.1, 0.15) is 25.8 Å². The number of rotatable bonds is 3. The highest BCUT2D eigenvalue weighted by Gasteiger charge is 2.04. The van der Waals surface area contributed by atoms with E-state index in [2.05, 4.69) is 11.1 Å². The molecular weight excluding hydrogens is 188 g/mol. The summed E-state index contributed by atoms with van der Waals surface area (Å²) >= 11 is 0. The van der Waals surface area contributed by atoms with E-state index in [-0.39, 0.29) is 0 Å². The Balaban J connectivity index is 3.04. The fourth-order valence-corrected chi connectivity index (χ4v) is 1.33. The van der Waals surface area contributed by atoms with Gasteiger partial charge in [-0.15, -0.1) is 0 Å². The number of nitriles is 1. The minimum atomic E-state index is 0.413. The molecule has 0 spiro atoms. The monoisotopic (exact) mass is 202 g/mol. The van der Waals surface area contributed by atoms with Crippen molar-refractivity contribution < 1.29 is 4.74 Å². The molecule has 0 aromatic carbocycles. The highest BCUT2D eigenvalue weighted by Crippen LogP contribution is 2.22. The van der Waals surface area contributed by atoms with Crippen LogP contribution in [0, 0.1) is 11.3 Å². The van der Waals surface area contributed by atoms with Crippen molar-refractivity contribution in [1.29, 1.82) is 5.26 Å². The van der Waals surface area contributed by atoms with Crippen molar-refractivity contribution >= 4 is 5.57 Å². The molecular formula is C12H14N2O. The second-order valence-corrected chi connectivity index (χ2v) is 3.40. The molecule has 15 heavy (non-hydrogen) atoms. The Labute approximate surface area is 90.0 Å². The van der Waals surface area contributed by atoms with E-state index < -0.39 is 0 Å². The zero-order valence-corrected chi connectivity index (χ0v) is 9.24. The first kappa shape index (κ1) is 11.3. The van der Waals surface area contributed by atoms with Crippen LogP contribution in [0.15, 0.2) is 23.9 Å². The molecule has 0 saturated carbocycles. The van der Waals surface area contributed by atoms with Crippen molar-refractivity contribution in [3.63, 3.8) is 0 Å². The van der Waals surface area contributed by atoms with Crippen LogP contribution >= 0.6 is 0 Å². The predicted octanol–water partition coefficient (Wildman–Crippen LogP) is 2.80. The number of nitrogens with zero attached hydrogens (tertiary/aromatic N) is 2. The van der Waals surface area contributed by atoms with Crippen LogP contribution in [0.25, 0.3) is 5.57 Å². The standard InChI is InChI=1S/C12H14N2O/c1-9(2)11(6-7-13)10-4-5-12(15-3)14-8-10/h4-5,8H,6H2,1-3H3. The molecule has 1 heterocycles. The van der Waals surface area contributed by atoms with Gasteiger partial charge >= 0.3 is 0 Å². The molecule has 0 amide bonds. The molecule has 0 saturated heterocycles. The molecule has 0 aliphatic heterocycles. The van der Waals surface area contributed by atoms with Gasteiger partial charge in [0, 0.05) is 12.3 Å². The van der Waals surface area contributed by atoms with Crippen molar-refractivity contribution in [1.82, 2.24) is 4.98 Å². The number of methoxy groups -OCH3 is 1. The molecule has 0 N–H and O–H groups in total. The molecule has 0 atom stereocenters. The molecule has 1 rings (SSSR count). The van der Waals surface area contributed by atoms with Crippen molar-refractivity contribution in [2.45, 2.75) is 20.3 Å². The maximum absolute atomic E-state index is 8.72. The van der Waals surface area contributed by atoms with Gasteiger partial charge in [0.15, 0.2) is 0 Å². The van der Waals surface area contributed by atoms with E-state index >= 15 is 0 Å². The Morgan fingerprint density at radius 2 is 2.20 bits per heavy atom. The predicted molar refractivity (Wildman–Crippen MR) is 59.3 cm³/mol. The summed E-state index contributed by atoms with van der Waals surface area (Å²) in [7, 11) is 1.58. The third-order valence-corrected chi connectivity index (χ3v) is 2.15. The van der Waals surface area contributed by atoms with E-state index in [9.17, 15) is 0 Å². The van der Waals surface area contributed by atoms with Crippen molar-refractivity contribution in [2.24, 2.45) is 0 Å². The topological polar surface area (TPSA) is 45.9 Å². The molecule has 0 bridgehead atoms. The van der Waals surface area contributed by atoms with Gasteiger partial charge in [0.1, 0.15) is 0 Å². The average molecular weight is 202 g/mol. The average Bonchev–Trinajstić information content (AvgIpc) is 2.26. The lowest BCUT2D eigenvalue weighted by atomic mass is 10.0. The van der Waals surface area contributed by atoms with Gasteiger partial charge < -0.3 is 4.74 Å². The maximum Gasteiger partial charge on any atom is 0.212 e. The minimum absolute atomic E-state index is 0.413. The number of allylic oxidation sites excluding steroid dienone is 2. The van der Waals surface area contributed by atoms with E-state index in [0.717, 1.165) is 16.7 Å². The third kappa shape index (κ3) is 2.81. The highest BCUT2D eigenvalue weighted by molar-refractivity contribution is 5.69. The van der Waals surface area contributed by atoms with Gasteiger partial charge in [-0.2, -0.15) is 5.26 Å². The highest BCUT2D eigenvalue weighted by atomic mass is 16.5. The van der Waals surface area contributed by atoms with Crippen molar-refractivity contribution in [3.05, 3.63) is 29.5 Å². The van der Waals surface area contributed by atoms with E-state index in [0.29, 0.717) is 12.3 Å². The molecule has 1 aromatic heterocycles. The van der Waals surface area contributed by atoms with Crippen LogP contribution < -0.4 is 4.74 Å². The lowest BCUT2D eigenvalue weighted by Crippen LogP contribution is -1.91. The van der Waals surface area contributed by atoms with Crippen LogP contribution in [0.2, 0.25) is 0 Å². The molecule has 3 nitrogen and oxygen atoms in total. The maximum atomic E-state index is 8.72. The van der Waals surface area contributed by atoms with Gasteiger partial charge in [-0.25, -0.2) is 4.98 Å². The molecule has 78 valence electrons. The van der Waals surface area contributed by atoms with Crippen LogP contribution in [-0.2, 0) is 0 Å². The SMILES string of the molecule is COc1ccc(C(CC#N)=C(C)C)cn1. The molecule has 0 aliphatic carbocycles. The Bertz CT molecular complexity index is 395. The van der Waals surface area contributed by atoms with Crippen molar-refractivity contribution in [2.75, 3.05) is 7.11 Å². The molecule has 0 fully saturated rings. The minimum Gasteiger partial charge on any atom is -0.481 e. The molecule has 0 unspecified atom stereocenters. The second-order valence-electron chi connectivity index (χ2n) is 3.40. The summed E-state index contributed by atoms with van der Waals surface area (Å²) in [5, 5.41) is 8.72. The molecule has 0 aliphatic rings. The molecule has 3 heteroatoms. The second kappa shape index (κ2) is 5.16. The first-order chi connectivity index (χ1) is 7.19. The molecule has 1 aromatic rings. The number of hydrogen-bond donors (Lipinski definition) is 0. The lowest BCUT2D eigenvalue weighted by molar-refractivity contribution is 0.398. The summed E-state index contributed by atoms with van der Waals surface area (Å²) in [6.07, 6.45) is 2.15. The fourth-order valence-electron chi connectivity index (χ4n) is 1.33. The fraction of sp³-hybridized carbons (Fsp3) is 0.333. The Morgan fingerprint density at radius 3 is 2.60 bits per heavy atom. The molecule has 0 radical (unpaired) electrons. The number of ether oxygens (including phenoxy) is 1. The van der Waals surface area contributed by atoms with Crippen molar-refractivity contribution in [3.8, 4) is 11.9 Å². The number of pyridine rings is 1. The van der Waals surface area contributed by atoms with E-state index in [1.165, 1.54) is 0 Å². The van der Waals surface area contributed by atoms with Gasteiger partial charge in [-0.05, 0) is 31.1 Å². The van der Waals surface area contributed by atoms with Crippen LogP contribution in [-0.4, -0.2) is 12.1 Å². The lowest BCUT2D eigenvalue weighted by Gasteiger charge is -2.06. The zero-order chi connectivity index (χ0) is 11.3. The number of aromatic nitrogens is 1. The van der Waals surface area contributed by atoms with Gasteiger partial charge in [0.05, 0.1) is 19.6 Å². The van der Waals surface area contributed by atoms with Gasteiger partial charge in [-0.3, -0.25) is 0 Å². The summed E-state index contributed by atoms with van der Waals surface area (Å²) in [5.74, 6) is 0.587. The van der Waals surface area contributed by atoms with Crippen LogP contribution in [0.4, 0.5) is 0 Å². The third-order valence-electron chi connectivity index (χ3n) is 2.15. The summed E-state index contributed by atoms with van der Waals surface area (Å²) in [5.41, 5.74) is 3.16. The Kier molecular flexibility index (Phi) is 3.87. The zero-order valence-electron chi connectivity index (χ0n) is 9.24. The van der Waals surface area contributed by atoms with Gasteiger partial charge in [0.2, 0.25) is 5.88 Å². The Hall–Kier alpha value is -1.82. The van der Waals surface area contributed by atoms with Gasteiger partial charge in [0.25, 0.3) is 0 Å². The summed E-state index contributed by atoms with van der Waals surface area (Å²) in [6.45, 7) is 3.99. The summed E-state index contributed by atoms with van der Waals surface area (Å²) in [4.78, 5) is 4.12. The largest absolute Gasteiger partial charge is 0.481 e. The summed E-state index contributed by atoms with van der Waals surface area (Å²) < 4.78 is 4.98. The first-order valence-electron chi connectivity index (χ1n) is 4.72. The van der Waals surface area contributed by atoms with E-state index in [4.69, 9.17) is 10.00 Å². The number of hydrogen-bond acceptors (Lipinski definition) is 3. The Morgan fingerprint density at radius 1 is 1.47 bits per heavy atom. The van der Waals surface area contributed by atoms with Gasteiger partial charge in [-0.1, -0.05) is 5.57 Å². The van der Waals surface area contributed by atoms with Crippen LogP contribution in [0.3, 0.4) is 0 Å². The summed E-state index contributed by atoms with van der Waals surface area (Å²) in [6, 6.07) is 5.88. The normalized spacial score (nSPS) is 9.20. The van der Waals surface area contributed by atoms with Crippen LogP contribution in [0.5, 0.6) is 5.88 Å².